The van der Waals surface area contributed by atoms with Crippen molar-refractivity contribution in [1.29, 1.82) is 0 Å². The molecular weight excluding hydrogens is 274 g/mol. The summed E-state index contributed by atoms with van der Waals surface area (Å²) in [6, 6.07) is 18.0. The van der Waals surface area contributed by atoms with Gasteiger partial charge in [-0.1, -0.05) is 37.3 Å². The van der Waals surface area contributed by atoms with E-state index in [1.54, 1.807) is 7.11 Å². The minimum atomic E-state index is 0.421. The zero-order valence-electron chi connectivity index (χ0n) is 13.1. The molecule has 1 atom stereocenters. The fourth-order valence-corrected chi connectivity index (χ4v) is 2.19. The summed E-state index contributed by atoms with van der Waals surface area (Å²) in [6.45, 7) is 2.86. The van der Waals surface area contributed by atoms with E-state index in [0.717, 1.165) is 17.9 Å². The second kappa shape index (κ2) is 8.08. The maximum atomic E-state index is 5.91. The highest BCUT2D eigenvalue weighted by molar-refractivity contribution is 5.92. The van der Waals surface area contributed by atoms with Crippen LogP contribution < -0.4 is 15.8 Å². The summed E-state index contributed by atoms with van der Waals surface area (Å²) in [5, 5.41) is 3.09. The van der Waals surface area contributed by atoms with Gasteiger partial charge in [0.25, 0.3) is 0 Å². The van der Waals surface area contributed by atoms with Crippen molar-refractivity contribution < 1.29 is 4.74 Å². The van der Waals surface area contributed by atoms with Gasteiger partial charge in [0, 0.05) is 12.2 Å². The third-order valence-corrected chi connectivity index (χ3v) is 3.36. The zero-order chi connectivity index (χ0) is 15.8. The molecule has 0 amide bonds. The van der Waals surface area contributed by atoms with E-state index in [4.69, 9.17) is 10.5 Å². The average molecular weight is 297 g/mol. The lowest BCUT2D eigenvalue weighted by atomic mass is 10.0. The topological polar surface area (TPSA) is 59.6 Å². The molecule has 4 nitrogen and oxygen atoms in total. The number of aliphatic imine (C=N–C) groups is 1. The van der Waals surface area contributed by atoms with Crippen LogP contribution in [0, 0.1) is 5.92 Å². The number of methoxy groups -OCH3 is 1. The molecule has 3 N–H and O–H groups in total. The van der Waals surface area contributed by atoms with Gasteiger partial charge >= 0.3 is 0 Å². The highest BCUT2D eigenvalue weighted by Crippen LogP contribution is 2.14. The Morgan fingerprint density at radius 2 is 1.82 bits per heavy atom. The first-order valence-corrected chi connectivity index (χ1v) is 7.42. The summed E-state index contributed by atoms with van der Waals surface area (Å²) in [6.07, 6.45) is 0.964. The van der Waals surface area contributed by atoms with Crippen molar-refractivity contribution in [2.45, 2.75) is 13.3 Å². The number of hydrogen-bond acceptors (Lipinski definition) is 2. The predicted molar refractivity (Wildman–Crippen MR) is 92.4 cm³/mol. The summed E-state index contributed by atoms with van der Waals surface area (Å²) < 4.78 is 5.16. The van der Waals surface area contributed by atoms with E-state index in [0.29, 0.717) is 18.4 Å². The molecule has 2 aromatic carbocycles. The molecule has 1 unspecified atom stereocenters. The van der Waals surface area contributed by atoms with E-state index in [1.165, 1.54) is 5.56 Å². The molecule has 0 fully saturated rings. The first kappa shape index (κ1) is 15.9. The number of ether oxygens (including phenoxy) is 1. The molecule has 2 rings (SSSR count). The molecule has 0 heterocycles. The summed E-state index contributed by atoms with van der Waals surface area (Å²) >= 11 is 0. The van der Waals surface area contributed by atoms with Crippen LogP contribution in [0.3, 0.4) is 0 Å². The largest absolute Gasteiger partial charge is 0.497 e. The smallest absolute Gasteiger partial charge is 0.193 e. The Morgan fingerprint density at radius 1 is 1.14 bits per heavy atom. The van der Waals surface area contributed by atoms with Gasteiger partial charge < -0.3 is 15.8 Å². The van der Waals surface area contributed by atoms with Gasteiger partial charge in [-0.3, -0.25) is 4.99 Å². The van der Waals surface area contributed by atoms with Crippen LogP contribution in [-0.2, 0) is 6.42 Å². The molecule has 116 valence electrons. The number of nitrogens with one attached hydrogen (secondary N) is 1. The summed E-state index contributed by atoms with van der Waals surface area (Å²) in [5.41, 5.74) is 8.13. The number of guanidine groups is 1. The van der Waals surface area contributed by atoms with Crippen molar-refractivity contribution in [3.05, 3.63) is 60.2 Å². The number of nitrogens with two attached hydrogens (primary N) is 1. The quantitative estimate of drug-likeness (QED) is 0.635. The molecule has 0 aliphatic heterocycles. The van der Waals surface area contributed by atoms with Crippen LogP contribution in [0.25, 0.3) is 0 Å². The first-order valence-electron chi connectivity index (χ1n) is 7.42. The zero-order valence-corrected chi connectivity index (χ0v) is 13.1. The number of para-hydroxylation sites is 1. The molecule has 0 saturated heterocycles. The second-order valence-electron chi connectivity index (χ2n) is 5.37. The fourth-order valence-electron chi connectivity index (χ4n) is 2.19. The molecule has 0 aliphatic rings. The van der Waals surface area contributed by atoms with Crippen molar-refractivity contribution in [3.63, 3.8) is 0 Å². The van der Waals surface area contributed by atoms with E-state index in [2.05, 4.69) is 29.4 Å². The summed E-state index contributed by atoms with van der Waals surface area (Å²) in [5.74, 6) is 1.75. The molecule has 0 aliphatic carbocycles. The van der Waals surface area contributed by atoms with Gasteiger partial charge in [-0.25, -0.2) is 0 Å². The highest BCUT2D eigenvalue weighted by Gasteiger charge is 2.04. The van der Waals surface area contributed by atoms with Crippen LogP contribution in [0.1, 0.15) is 12.5 Å². The highest BCUT2D eigenvalue weighted by atomic mass is 16.5. The van der Waals surface area contributed by atoms with E-state index in [1.807, 2.05) is 42.5 Å². The Hall–Kier alpha value is -2.49. The van der Waals surface area contributed by atoms with Crippen LogP contribution in [0.5, 0.6) is 5.75 Å². The number of hydrogen-bond donors (Lipinski definition) is 2. The molecule has 0 aromatic heterocycles. The molecule has 0 saturated carbocycles. The third-order valence-electron chi connectivity index (χ3n) is 3.36. The Balaban J connectivity index is 1.83. The van der Waals surface area contributed by atoms with Crippen molar-refractivity contribution in [3.8, 4) is 5.75 Å². The van der Waals surface area contributed by atoms with Crippen LogP contribution >= 0.6 is 0 Å². The minimum absolute atomic E-state index is 0.421. The van der Waals surface area contributed by atoms with E-state index in [9.17, 15) is 0 Å². The third kappa shape index (κ3) is 5.13. The standard InChI is InChI=1S/C18H23N3O/c1-14(12-15-8-10-17(22-2)11-9-15)13-20-18(19)21-16-6-4-3-5-7-16/h3-11,14H,12-13H2,1-2H3,(H3,19,20,21). The van der Waals surface area contributed by atoms with Gasteiger partial charge in [-0.2, -0.15) is 0 Å². The minimum Gasteiger partial charge on any atom is -0.497 e. The molecule has 4 heteroatoms. The normalized spacial score (nSPS) is 12.7. The van der Waals surface area contributed by atoms with Gasteiger partial charge in [0.1, 0.15) is 5.75 Å². The van der Waals surface area contributed by atoms with Crippen molar-refractivity contribution >= 4 is 11.6 Å². The van der Waals surface area contributed by atoms with E-state index in [-0.39, 0.29) is 0 Å². The van der Waals surface area contributed by atoms with Gasteiger partial charge in [-0.15, -0.1) is 0 Å². The van der Waals surface area contributed by atoms with Crippen molar-refractivity contribution in [2.75, 3.05) is 19.0 Å². The molecule has 0 radical (unpaired) electrons. The fraction of sp³-hybridized carbons (Fsp3) is 0.278. The van der Waals surface area contributed by atoms with Crippen LogP contribution in [0.4, 0.5) is 5.69 Å². The first-order chi connectivity index (χ1) is 10.7. The number of benzene rings is 2. The lowest BCUT2D eigenvalue weighted by Crippen LogP contribution is -2.23. The molecule has 0 spiro atoms. The van der Waals surface area contributed by atoms with Crippen LogP contribution in [0.15, 0.2) is 59.6 Å². The van der Waals surface area contributed by atoms with Crippen LogP contribution in [-0.4, -0.2) is 19.6 Å². The number of anilines is 1. The Bertz CT molecular complexity index is 593. The van der Waals surface area contributed by atoms with Gasteiger partial charge in [-0.05, 0) is 42.2 Å². The molecule has 2 aromatic rings. The van der Waals surface area contributed by atoms with Crippen molar-refractivity contribution in [2.24, 2.45) is 16.6 Å². The van der Waals surface area contributed by atoms with E-state index >= 15 is 0 Å². The van der Waals surface area contributed by atoms with Crippen molar-refractivity contribution in [1.82, 2.24) is 0 Å². The Labute approximate surface area is 132 Å². The molecule has 22 heavy (non-hydrogen) atoms. The SMILES string of the molecule is COc1ccc(CC(C)CN=C(N)Nc2ccccc2)cc1. The maximum absolute atomic E-state index is 5.91. The lowest BCUT2D eigenvalue weighted by Gasteiger charge is -2.11. The van der Waals surface area contributed by atoms with E-state index < -0.39 is 0 Å². The van der Waals surface area contributed by atoms with Gasteiger partial charge in [0.2, 0.25) is 0 Å². The molecule has 0 bridgehead atoms. The van der Waals surface area contributed by atoms with Crippen LogP contribution in [0.2, 0.25) is 0 Å². The lowest BCUT2D eigenvalue weighted by molar-refractivity contribution is 0.414. The number of nitrogens with zero attached hydrogens (tertiary/aromatic N) is 1. The monoisotopic (exact) mass is 297 g/mol. The summed E-state index contributed by atoms with van der Waals surface area (Å²) in [7, 11) is 1.68. The Morgan fingerprint density at radius 3 is 2.45 bits per heavy atom. The maximum Gasteiger partial charge on any atom is 0.193 e. The van der Waals surface area contributed by atoms with Gasteiger partial charge in [0.05, 0.1) is 7.11 Å². The second-order valence-corrected chi connectivity index (χ2v) is 5.37. The average Bonchev–Trinajstić information content (AvgIpc) is 2.55. The molecular formula is C18H23N3O. The number of rotatable bonds is 6. The van der Waals surface area contributed by atoms with Gasteiger partial charge in [0.15, 0.2) is 5.96 Å². The predicted octanol–water partition coefficient (Wildman–Crippen LogP) is 3.30. The summed E-state index contributed by atoms with van der Waals surface area (Å²) in [4.78, 5) is 4.41. The Kier molecular flexibility index (Phi) is 5.83.